The second-order valence-electron chi connectivity index (χ2n) is 6.59. The predicted octanol–water partition coefficient (Wildman–Crippen LogP) is 6.05. The summed E-state index contributed by atoms with van der Waals surface area (Å²) in [5, 5.41) is 4.49. The molecule has 4 aromatic rings. The number of halogens is 2. The Bertz CT molecular complexity index is 1300. The van der Waals surface area contributed by atoms with Crippen LogP contribution >= 0.6 is 46.3 Å². The molecule has 0 radical (unpaired) electrons. The van der Waals surface area contributed by atoms with Crippen LogP contribution < -0.4 is 10.9 Å². The maximum Gasteiger partial charge on any atom is 0.267 e. The summed E-state index contributed by atoms with van der Waals surface area (Å²) >= 11 is 15.0. The van der Waals surface area contributed by atoms with E-state index < -0.39 is 0 Å². The third kappa shape index (κ3) is 4.65. The molecule has 0 bridgehead atoms. The molecule has 0 aliphatic heterocycles. The number of rotatable bonds is 6. The number of aromatic nitrogens is 2. The number of hydrogen-bond acceptors (Lipinski definition) is 5. The number of thiophene rings is 1. The van der Waals surface area contributed by atoms with Crippen molar-refractivity contribution in [1.29, 1.82) is 0 Å². The smallest absolute Gasteiger partial charge is 0.267 e. The van der Waals surface area contributed by atoms with Crippen LogP contribution in [-0.2, 0) is 11.2 Å². The monoisotopic (exact) mass is 489 g/mol. The van der Waals surface area contributed by atoms with Crippen LogP contribution in [0.25, 0.3) is 15.9 Å². The Hall–Kier alpha value is -2.32. The zero-order valence-electron chi connectivity index (χ0n) is 16.4. The van der Waals surface area contributed by atoms with Gasteiger partial charge in [0.15, 0.2) is 5.16 Å². The molecule has 0 saturated carbocycles. The Morgan fingerprint density at radius 2 is 1.84 bits per heavy atom. The highest BCUT2D eigenvalue weighted by atomic mass is 35.5. The summed E-state index contributed by atoms with van der Waals surface area (Å²) in [6.45, 7) is 2.04. The van der Waals surface area contributed by atoms with Crippen molar-refractivity contribution in [2.45, 2.75) is 18.5 Å². The molecule has 4 rings (SSSR count). The first-order valence-corrected chi connectivity index (χ1v) is 12.0. The third-order valence-corrected chi connectivity index (χ3v) is 7.25. The Morgan fingerprint density at radius 3 is 2.52 bits per heavy atom. The highest BCUT2D eigenvalue weighted by Crippen LogP contribution is 2.31. The average Bonchev–Trinajstić information content (AvgIpc) is 3.19. The summed E-state index contributed by atoms with van der Waals surface area (Å²) in [6, 6.07) is 16.2. The van der Waals surface area contributed by atoms with Gasteiger partial charge in [-0.1, -0.05) is 66.2 Å². The Balaban J connectivity index is 1.68. The van der Waals surface area contributed by atoms with Gasteiger partial charge in [0.25, 0.3) is 5.56 Å². The molecule has 0 aliphatic rings. The summed E-state index contributed by atoms with van der Waals surface area (Å²) < 4.78 is 1.55. The largest absolute Gasteiger partial charge is 0.323 e. The van der Waals surface area contributed by atoms with Gasteiger partial charge in [-0.2, -0.15) is 0 Å². The molecule has 5 nitrogen and oxygen atoms in total. The number of amides is 1. The molecular weight excluding hydrogens is 473 g/mol. The van der Waals surface area contributed by atoms with Gasteiger partial charge in [0.05, 0.1) is 32.6 Å². The Kier molecular flexibility index (Phi) is 6.67. The summed E-state index contributed by atoms with van der Waals surface area (Å²) in [5.74, 6) is -0.257. The molecule has 0 saturated heterocycles. The van der Waals surface area contributed by atoms with E-state index in [-0.39, 0.29) is 17.2 Å². The fourth-order valence-corrected chi connectivity index (χ4v) is 5.32. The Morgan fingerprint density at radius 1 is 1.13 bits per heavy atom. The van der Waals surface area contributed by atoms with Crippen LogP contribution in [0.3, 0.4) is 0 Å². The maximum absolute atomic E-state index is 13.3. The second kappa shape index (κ2) is 9.44. The van der Waals surface area contributed by atoms with Gasteiger partial charge in [-0.3, -0.25) is 14.2 Å². The normalized spacial score (nSPS) is 11.1. The topological polar surface area (TPSA) is 64.0 Å². The number of anilines is 1. The lowest BCUT2D eigenvalue weighted by Crippen LogP contribution is -2.22. The van der Waals surface area contributed by atoms with Gasteiger partial charge < -0.3 is 5.32 Å². The summed E-state index contributed by atoms with van der Waals surface area (Å²) in [4.78, 5) is 32.3. The lowest BCUT2D eigenvalue weighted by Gasteiger charge is -2.12. The van der Waals surface area contributed by atoms with Crippen LogP contribution in [0.1, 0.15) is 11.8 Å². The molecule has 0 fully saturated rings. The van der Waals surface area contributed by atoms with Gasteiger partial charge in [0.1, 0.15) is 4.83 Å². The van der Waals surface area contributed by atoms with E-state index in [1.807, 2.05) is 43.3 Å². The molecule has 1 N–H and O–H groups in total. The van der Waals surface area contributed by atoms with Crippen LogP contribution in [0.5, 0.6) is 0 Å². The summed E-state index contributed by atoms with van der Waals surface area (Å²) in [5.41, 5.74) is 0.915. The van der Waals surface area contributed by atoms with E-state index in [0.29, 0.717) is 36.8 Å². The Labute approximate surface area is 197 Å². The number of carbonyl (C=O) groups is 1. The van der Waals surface area contributed by atoms with Gasteiger partial charge in [-0.25, -0.2) is 4.98 Å². The van der Waals surface area contributed by atoms with Gasteiger partial charge in [-0.05, 0) is 36.8 Å². The van der Waals surface area contributed by atoms with Gasteiger partial charge in [0, 0.05) is 4.88 Å². The standard InChI is InChI=1S/C22H17Cl2N3O2S2/c1-2-14-11-15-20(31-14)26-22(27(21(15)29)13-7-4-3-5-8-13)30-12-18(28)25-19-16(23)9-6-10-17(19)24/h3-11H,2,12H2,1H3,(H,25,28). The molecule has 0 aliphatic carbocycles. The maximum atomic E-state index is 13.3. The van der Waals surface area contributed by atoms with Gasteiger partial charge in [-0.15, -0.1) is 11.3 Å². The van der Waals surface area contributed by atoms with E-state index in [4.69, 9.17) is 28.2 Å². The molecule has 31 heavy (non-hydrogen) atoms. The van der Waals surface area contributed by atoms with E-state index in [0.717, 1.165) is 11.3 Å². The first-order chi connectivity index (χ1) is 15.0. The molecule has 2 aromatic carbocycles. The molecule has 158 valence electrons. The minimum atomic E-state index is -0.297. The number of fused-ring (bicyclic) bond motifs is 1. The molecule has 1 amide bonds. The number of para-hydroxylation sites is 2. The lowest BCUT2D eigenvalue weighted by atomic mass is 10.3. The zero-order valence-corrected chi connectivity index (χ0v) is 19.5. The predicted molar refractivity (Wildman–Crippen MR) is 130 cm³/mol. The molecule has 9 heteroatoms. The molecule has 2 heterocycles. The SMILES string of the molecule is CCc1cc2c(=O)n(-c3ccccc3)c(SCC(=O)Nc3c(Cl)cccc3Cl)nc2s1. The van der Waals surface area contributed by atoms with Crippen molar-refractivity contribution in [3.05, 3.63) is 79.9 Å². The van der Waals surface area contributed by atoms with Crippen molar-refractivity contribution in [1.82, 2.24) is 9.55 Å². The first kappa shape index (κ1) is 21.9. The van der Waals surface area contributed by atoms with Crippen LogP contribution in [0.15, 0.2) is 64.5 Å². The van der Waals surface area contributed by atoms with Crippen LogP contribution in [-0.4, -0.2) is 21.2 Å². The first-order valence-electron chi connectivity index (χ1n) is 9.45. The molecular formula is C22H17Cl2N3O2S2. The van der Waals surface area contributed by atoms with E-state index in [1.165, 1.54) is 23.1 Å². The zero-order chi connectivity index (χ0) is 22.0. The number of aryl methyl sites for hydroxylation is 1. The fourth-order valence-electron chi connectivity index (χ4n) is 3.01. The second-order valence-corrected chi connectivity index (χ2v) is 9.46. The number of nitrogens with zero attached hydrogens (tertiary/aromatic N) is 2. The molecule has 0 spiro atoms. The summed E-state index contributed by atoms with van der Waals surface area (Å²) in [7, 11) is 0. The van der Waals surface area contributed by atoms with Crippen molar-refractivity contribution >= 4 is 68.1 Å². The highest BCUT2D eigenvalue weighted by Gasteiger charge is 2.17. The van der Waals surface area contributed by atoms with Crippen molar-refractivity contribution in [2.24, 2.45) is 0 Å². The fraction of sp³-hybridized carbons (Fsp3) is 0.136. The highest BCUT2D eigenvalue weighted by molar-refractivity contribution is 7.99. The van der Waals surface area contributed by atoms with Crippen molar-refractivity contribution in [3.8, 4) is 5.69 Å². The number of hydrogen-bond donors (Lipinski definition) is 1. The van der Waals surface area contributed by atoms with Gasteiger partial charge in [0.2, 0.25) is 5.91 Å². The molecule has 2 aromatic heterocycles. The van der Waals surface area contributed by atoms with Crippen LogP contribution in [0.4, 0.5) is 5.69 Å². The van der Waals surface area contributed by atoms with E-state index in [1.54, 1.807) is 22.8 Å². The lowest BCUT2D eigenvalue weighted by molar-refractivity contribution is -0.113. The minimum Gasteiger partial charge on any atom is -0.323 e. The summed E-state index contributed by atoms with van der Waals surface area (Å²) in [6.07, 6.45) is 0.829. The number of benzene rings is 2. The number of thioether (sulfide) groups is 1. The third-order valence-electron chi connectivity index (χ3n) is 4.51. The quantitative estimate of drug-likeness (QED) is 0.264. The van der Waals surface area contributed by atoms with E-state index >= 15 is 0 Å². The van der Waals surface area contributed by atoms with Gasteiger partial charge >= 0.3 is 0 Å². The number of carbonyl (C=O) groups excluding carboxylic acids is 1. The average molecular weight is 490 g/mol. The minimum absolute atomic E-state index is 0.0400. The van der Waals surface area contributed by atoms with Crippen LogP contribution in [0.2, 0.25) is 10.0 Å². The molecule has 0 unspecified atom stereocenters. The van der Waals surface area contributed by atoms with E-state index in [2.05, 4.69) is 5.32 Å². The molecule has 0 atom stereocenters. The van der Waals surface area contributed by atoms with Crippen molar-refractivity contribution < 1.29 is 4.79 Å². The van der Waals surface area contributed by atoms with E-state index in [9.17, 15) is 9.59 Å². The van der Waals surface area contributed by atoms with Crippen molar-refractivity contribution in [2.75, 3.05) is 11.1 Å². The van der Waals surface area contributed by atoms with Crippen molar-refractivity contribution in [3.63, 3.8) is 0 Å². The number of nitrogens with one attached hydrogen (secondary N) is 1. The van der Waals surface area contributed by atoms with Crippen LogP contribution in [0, 0.1) is 0 Å².